The van der Waals surface area contributed by atoms with Crippen LogP contribution in [0.1, 0.15) is 23.7 Å². The molecular weight excluding hydrogens is 302 g/mol. The van der Waals surface area contributed by atoms with Crippen LogP contribution in [0.5, 0.6) is 5.75 Å². The molecular formula is C15H17N3O3S. The fraction of sp³-hybridized carbons (Fsp3) is 0.267. The van der Waals surface area contributed by atoms with Gasteiger partial charge in [-0.15, -0.1) is 11.3 Å². The van der Waals surface area contributed by atoms with Crippen LogP contribution in [0.25, 0.3) is 0 Å². The summed E-state index contributed by atoms with van der Waals surface area (Å²) in [5.41, 5.74) is 5.07. The summed E-state index contributed by atoms with van der Waals surface area (Å²) in [7, 11) is 0. The number of benzene rings is 1. The van der Waals surface area contributed by atoms with E-state index >= 15 is 0 Å². The molecule has 0 amide bonds. The number of aromatic hydroxyl groups is 1. The van der Waals surface area contributed by atoms with Crippen LogP contribution in [0.3, 0.4) is 0 Å². The number of phenolic OH excluding ortho intramolecular Hbond substituents is 1. The van der Waals surface area contributed by atoms with Gasteiger partial charge in [-0.2, -0.15) is 5.10 Å². The van der Waals surface area contributed by atoms with Crippen molar-refractivity contribution in [3.05, 3.63) is 40.4 Å². The highest BCUT2D eigenvalue weighted by Gasteiger charge is 2.07. The molecule has 0 bridgehead atoms. The lowest BCUT2D eigenvalue weighted by molar-refractivity contribution is -0.142. The van der Waals surface area contributed by atoms with Crippen LogP contribution in [0, 0.1) is 6.92 Å². The molecule has 1 aromatic heterocycles. The van der Waals surface area contributed by atoms with Gasteiger partial charge in [-0.3, -0.25) is 10.2 Å². The Labute approximate surface area is 132 Å². The van der Waals surface area contributed by atoms with Gasteiger partial charge in [0.2, 0.25) is 5.13 Å². The molecule has 0 unspecified atom stereocenters. The van der Waals surface area contributed by atoms with E-state index in [1.165, 1.54) is 17.6 Å². The van der Waals surface area contributed by atoms with Crippen LogP contribution in [0.15, 0.2) is 28.7 Å². The Balaban J connectivity index is 1.94. The van der Waals surface area contributed by atoms with E-state index in [9.17, 15) is 9.90 Å². The van der Waals surface area contributed by atoms with Gasteiger partial charge < -0.3 is 9.84 Å². The molecule has 0 fully saturated rings. The standard InChI is InChI=1S/C15H17N3O3S/c1-3-21-14(20)7-12-9-22-15(17-12)18-16-8-11-6-10(2)4-5-13(11)19/h4-6,8-9,19H,3,7H2,1-2H3,(H,17,18). The number of thiazole rings is 1. The second kappa shape index (κ2) is 7.56. The Hall–Kier alpha value is -2.41. The van der Waals surface area contributed by atoms with Crippen molar-refractivity contribution in [2.45, 2.75) is 20.3 Å². The van der Waals surface area contributed by atoms with Crippen LogP contribution in [0.4, 0.5) is 5.13 Å². The maximum Gasteiger partial charge on any atom is 0.311 e. The summed E-state index contributed by atoms with van der Waals surface area (Å²) >= 11 is 1.35. The molecule has 6 nitrogen and oxygen atoms in total. The highest BCUT2D eigenvalue weighted by atomic mass is 32.1. The molecule has 7 heteroatoms. The first-order valence-corrected chi connectivity index (χ1v) is 7.65. The Morgan fingerprint density at radius 1 is 1.55 bits per heavy atom. The lowest BCUT2D eigenvalue weighted by atomic mass is 10.1. The van der Waals surface area contributed by atoms with Gasteiger partial charge in [0.1, 0.15) is 5.75 Å². The van der Waals surface area contributed by atoms with Crippen molar-refractivity contribution >= 4 is 28.7 Å². The third-order valence-corrected chi connectivity index (χ3v) is 3.53. The molecule has 0 atom stereocenters. The predicted molar refractivity (Wildman–Crippen MR) is 86.5 cm³/mol. The molecule has 1 heterocycles. The maximum absolute atomic E-state index is 11.4. The van der Waals surface area contributed by atoms with Gasteiger partial charge in [0.15, 0.2) is 0 Å². The van der Waals surface area contributed by atoms with E-state index in [1.807, 2.05) is 19.1 Å². The molecule has 2 aromatic rings. The number of aromatic nitrogens is 1. The second-order valence-corrected chi connectivity index (χ2v) is 5.42. The summed E-state index contributed by atoms with van der Waals surface area (Å²) in [6.45, 7) is 4.06. The largest absolute Gasteiger partial charge is 0.507 e. The van der Waals surface area contributed by atoms with Gasteiger partial charge in [0.25, 0.3) is 0 Å². The first-order valence-electron chi connectivity index (χ1n) is 6.77. The molecule has 0 saturated carbocycles. The molecule has 116 valence electrons. The fourth-order valence-electron chi connectivity index (χ4n) is 1.73. The number of hydrazone groups is 1. The van der Waals surface area contributed by atoms with Crippen LogP contribution in [-0.4, -0.2) is 28.9 Å². The molecule has 22 heavy (non-hydrogen) atoms. The SMILES string of the molecule is CCOC(=O)Cc1csc(NN=Cc2cc(C)ccc2O)n1. The minimum absolute atomic E-state index is 0.147. The average molecular weight is 319 g/mol. The van der Waals surface area contributed by atoms with Gasteiger partial charge in [-0.05, 0) is 26.0 Å². The van der Waals surface area contributed by atoms with Gasteiger partial charge >= 0.3 is 5.97 Å². The average Bonchev–Trinajstić information content (AvgIpc) is 2.90. The van der Waals surface area contributed by atoms with E-state index < -0.39 is 0 Å². The minimum atomic E-state index is -0.299. The van der Waals surface area contributed by atoms with Crippen LogP contribution in [-0.2, 0) is 16.0 Å². The van der Waals surface area contributed by atoms with Gasteiger partial charge in [-0.25, -0.2) is 4.98 Å². The van der Waals surface area contributed by atoms with Crippen molar-refractivity contribution in [3.63, 3.8) is 0 Å². The van der Waals surface area contributed by atoms with E-state index in [2.05, 4.69) is 15.5 Å². The highest BCUT2D eigenvalue weighted by Crippen LogP contribution is 2.18. The molecule has 2 N–H and O–H groups in total. The monoisotopic (exact) mass is 319 g/mol. The molecule has 0 spiro atoms. The van der Waals surface area contributed by atoms with Crippen molar-refractivity contribution in [2.24, 2.45) is 5.10 Å². The van der Waals surface area contributed by atoms with Gasteiger partial charge in [0, 0.05) is 10.9 Å². The molecule has 2 rings (SSSR count). The fourth-order valence-corrected chi connectivity index (χ4v) is 2.39. The maximum atomic E-state index is 11.4. The molecule has 1 aromatic carbocycles. The number of hydrogen-bond acceptors (Lipinski definition) is 7. The number of rotatable bonds is 6. The molecule has 0 aliphatic heterocycles. The topological polar surface area (TPSA) is 83.8 Å². The summed E-state index contributed by atoms with van der Waals surface area (Å²) in [6, 6.07) is 5.27. The summed E-state index contributed by atoms with van der Waals surface area (Å²) in [6.07, 6.45) is 1.67. The number of carbonyl (C=O) groups excluding carboxylic acids is 1. The number of phenols is 1. The lowest BCUT2D eigenvalue weighted by Gasteiger charge is -2.00. The zero-order valence-corrected chi connectivity index (χ0v) is 13.2. The predicted octanol–water partition coefficient (Wildman–Crippen LogP) is 2.71. The molecule has 0 aliphatic rings. The Morgan fingerprint density at radius 2 is 2.36 bits per heavy atom. The third-order valence-electron chi connectivity index (χ3n) is 2.73. The quantitative estimate of drug-likeness (QED) is 0.486. The smallest absolute Gasteiger partial charge is 0.311 e. The van der Waals surface area contributed by atoms with Crippen molar-refractivity contribution in [1.29, 1.82) is 0 Å². The number of nitrogens with one attached hydrogen (secondary N) is 1. The van der Waals surface area contributed by atoms with E-state index in [0.29, 0.717) is 23.0 Å². The number of anilines is 1. The minimum Gasteiger partial charge on any atom is -0.507 e. The molecule has 0 saturated heterocycles. The van der Waals surface area contributed by atoms with Crippen molar-refractivity contribution in [3.8, 4) is 5.75 Å². The van der Waals surface area contributed by atoms with Crippen molar-refractivity contribution < 1.29 is 14.6 Å². The normalized spacial score (nSPS) is 10.8. The number of ether oxygens (including phenoxy) is 1. The third kappa shape index (κ3) is 4.56. The summed E-state index contributed by atoms with van der Waals surface area (Å²) in [5.74, 6) is -0.133. The molecule has 0 aliphatic carbocycles. The highest BCUT2D eigenvalue weighted by molar-refractivity contribution is 7.13. The number of carbonyl (C=O) groups is 1. The van der Waals surface area contributed by atoms with Crippen molar-refractivity contribution in [2.75, 3.05) is 12.0 Å². The van der Waals surface area contributed by atoms with Crippen molar-refractivity contribution in [1.82, 2.24) is 4.98 Å². The van der Waals surface area contributed by atoms with Crippen LogP contribution in [0.2, 0.25) is 0 Å². The summed E-state index contributed by atoms with van der Waals surface area (Å²) in [4.78, 5) is 15.6. The Bertz CT molecular complexity index is 682. The van der Waals surface area contributed by atoms with Crippen LogP contribution >= 0.6 is 11.3 Å². The van der Waals surface area contributed by atoms with Gasteiger partial charge in [0.05, 0.1) is 24.9 Å². The van der Waals surface area contributed by atoms with Crippen LogP contribution < -0.4 is 5.43 Å². The summed E-state index contributed by atoms with van der Waals surface area (Å²) < 4.78 is 4.87. The van der Waals surface area contributed by atoms with E-state index in [0.717, 1.165) is 5.56 Å². The first-order chi connectivity index (χ1) is 10.6. The summed E-state index contributed by atoms with van der Waals surface area (Å²) in [5, 5.41) is 16.1. The number of hydrogen-bond donors (Lipinski definition) is 2. The van der Waals surface area contributed by atoms with Gasteiger partial charge in [-0.1, -0.05) is 11.6 Å². The van der Waals surface area contributed by atoms with E-state index in [4.69, 9.17) is 4.74 Å². The second-order valence-electron chi connectivity index (χ2n) is 4.56. The molecule has 0 radical (unpaired) electrons. The zero-order chi connectivity index (χ0) is 15.9. The van der Waals surface area contributed by atoms with E-state index in [1.54, 1.807) is 18.4 Å². The zero-order valence-electron chi connectivity index (χ0n) is 12.4. The number of esters is 1. The van der Waals surface area contributed by atoms with E-state index in [-0.39, 0.29) is 18.1 Å². The Morgan fingerprint density at radius 3 is 3.14 bits per heavy atom. The lowest BCUT2D eigenvalue weighted by Crippen LogP contribution is -2.07. The Kier molecular flexibility index (Phi) is 5.48. The first kappa shape index (κ1) is 16.0. The number of nitrogens with zero attached hydrogens (tertiary/aromatic N) is 2. The number of aryl methyl sites for hydroxylation is 1.